The molecule has 2 amide bonds. The van der Waals surface area contributed by atoms with Crippen molar-refractivity contribution in [1.82, 2.24) is 15.6 Å². The minimum atomic E-state index is -1.51. The molecule has 3 rings (SSSR count). The van der Waals surface area contributed by atoms with Crippen molar-refractivity contribution in [1.29, 1.82) is 0 Å². The Morgan fingerprint density at radius 1 is 1.38 bits per heavy atom. The van der Waals surface area contributed by atoms with Crippen LogP contribution in [0.2, 0.25) is 0 Å². The zero-order chi connectivity index (χ0) is 25.4. The lowest BCUT2D eigenvalue weighted by atomic mass is 9.72. The number of benzene rings is 1. The number of aromatic nitrogens is 1. The highest BCUT2D eigenvalue weighted by atomic mass is 32.1. The van der Waals surface area contributed by atoms with Crippen molar-refractivity contribution >= 4 is 47.1 Å². The van der Waals surface area contributed by atoms with E-state index >= 15 is 0 Å². The maximum atomic E-state index is 12.9. The molecule has 2 aromatic rings. The van der Waals surface area contributed by atoms with Crippen LogP contribution in [0.3, 0.4) is 0 Å². The van der Waals surface area contributed by atoms with Crippen LogP contribution in [0.25, 0.3) is 0 Å². The average molecular weight is 491 g/mol. The number of oxime groups is 1. The van der Waals surface area contributed by atoms with E-state index < -0.39 is 36.9 Å². The number of aromatic carboxylic acids is 1. The standard InChI is InChI=1S/C18H20BN5O7S.C2H6/c1-8(15(25)21-2)31-24-13(11-7-32-18(20)22-11)16(26)23-12-6-9-4-3-5-10(17(27)28)14(9)30-19(12)29;1-2/h3-5,7-8,12,29H,6H2,1-2H3,(H2,20,22)(H,21,25)(H,23,26)(H,27,28);1-2H3/b24-13-;. The van der Waals surface area contributed by atoms with Crippen molar-refractivity contribution in [3.05, 3.63) is 40.4 Å². The number of carbonyl (C=O) groups excluding carboxylic acids is 2. The number of carboxylic acids is 1. The largest absolute Gasteiger partial charge is 0.547 e. The van der Waals surface area contributed by atoms with Gasteiger partial charge in [0.1, 0.15) is 11.4 Å². The molecule has 0 saturated heterocycles. The van der Waals surface area contributed by atoms with Gasteiger partial charge in [0.2, 0.25) is 6.10 Å². The van der Waals surface area contributed by atoms with Crippen LogP contribution >= 0.6 is 11.3 Å². The van der Waals surface area contributed by atoms with Crippen LogP contribution in [0.15, 0.2) is 28.7 Å². The number of fused-ring (bicyclic) bond motifs is 1. The minimum Gasteiger partial charge on any atom is -0.534 e. The first-order chi connectivity index (χ1) is 16.2. The topological polar surface area (TPSA) is 185 Å². The third kappa shape index (κ3) is 6.23. The smallest absolute Gasteiger partial charge is 0.534 e. The van der Waals surface area contributed by atoms with Crippen LogP contribution in [0.4, 0.5) is 5.13 Å². The number of amides is 2. The van der Waals surface area contributed by atoms with E-state index in [9.17, 15) is 24.5 Å². The number of nitrogens with zero attached hydrogens (tertiary/aromatic N) is 2. The van der Waals surface area contributed by atoms with E-state index in [0.717, 1.165) is 11.3 Å². The number of carboxylic acid groups (broad SMARTS) is 1. The molecule has 1 aliphatic rings. The molecule has 0 bridgehead atoms. The van der Waals surface area contributed by atoms with Gasteiger partial charge in [-0.3, -0.25) is 9.59 Å². The normalized spacial score (nSPS) is 15.6. The quantitative estimate of drug-likeness (QED) is 0.208. The maximum absolute atomic E-state index is 12.9. The molecule has 0 aliphatic carbocycles. The SMILES string of the molecule is CC.CNC(=O)C(C)O/N=C(\C(=O)NC1Cc2cccc(C(=O)O)c2OB1O)c1csc(N)n1. The number of hydrogen-bond acceptors (Lipinski definition) is 10. The van der Waals surface area contributed by atoms with Gasteiger partial charge in [0.25, 0.3) is 11.8 Å². The number of anilines is 1. The van der Waals surface area contributed by atoms with Gasteiger partial charge < -0.3 is 36.0 Å². The van der Waals surface area contributed by atoms with Gasteiger partial charge in [-0.15, -0.1) is 11.3 Å². The van der Waals surface area contributed by atoms with Crippen molar-refractivity contribution < 1.29 is 34.0 Å². The molecule has 1 aliphatic heterocycles. The summed E-state index contributed by atoms with van der Waals surface area (Å²) in [6, 6.07) is 4.54. The first kappa shape index (κ1) is 26.6. The number of thiazole rings is 1. The van der Waals surface area contributed by atoms with Crippen LogP contribution in [-0.4, -0.2) is 64.8 Å². The van der Waals surface area contributed by atoms with E-state index in [2.05, 4.69) is 20.8 Å². The summed E-state index contributed by atoms with van der Waals surface area (Å²) in [4.78, 5) is 45.1. The van der Waals surface area contributed by atoms with Gasteiger partial charge in [-0.2, -0.15) is 0 Å². The molecule has 0 radical (unpaired) electrons. The average Bonchev–Trinajstić information content (AvgIpc) is 3.25. The summed E-state index contributed by atoms with van der Waals surface area (Å²) in [6.45, 7) is 5.45. The van der Waals surface area contributed by atoms with Gasteiger partial charge in [0, 0.05) is 12.4 Å². The molecule has 0 saturated carbocycles. The number of likely N-dealkylation sites (N-methyl/N-ethyl adjacent to an activating group) is 1. The second-order valence-corrected chi connectivity index (χ2v) is 7.65. The molecule has 0 fully saturated rings. The summed E-state index contributed by atoms with van der Waals surface area (Å²) in [7, 11) is -0.0851. The fraction of sp³-hybridized carbons (Fsp3) is 0.350. The molecule has 6 N–H and O–H groups in total. The van der Waals surface area contributed by atoms with Crippen LogP contribution in [0.5, 0.6) is 5.75 Å². The Labute approximate surface area is 200 Å². The Balaban J connectivity index is 0.00000199. The minimum absolute atomic E-state index is 0.0434. The fourth-order valence-corrected chi connectivity index (χ4v) is 3.48. The first-order valence-electron chi connectivity index (χ1n) is 10.4. The zero-order valence-electron chi connectivity index (χ0n) is 19.1. The molecule has 2 unspecified atom stereocenters. The highest BCUT2D eigenvalue weighted by Crippen LogP contribution is 2.30. The summed E-state index contributed by atoms with van der Waals surface area (Å²) in [5.74, 6) is -3.29. The summed E-state index contributed by atoms with van der Waals surface area (Å²) >= 11 is 1.08. The van der Waals surface area contributed by atoms with Crippen molar-refractivity contribution in [3.63, 3.8) is 0 Å². The van der Waals surface area contributed by atoms with Gasteiger partial charge in [-0.25, -0.2) is 9.78 Å². The summed E-state index contributed by atoms with van der Waals surface area (Å²) < 4.78 is 5.37. The molecule has 2 heterocycles. The van der Waals surface area contributed by atoms with Crippen LogP contribution in [0.1, 0.15) is 42.4 Å². The van der Waals surface area contributed by atoms with Gasteiger partial charge in [-0.1, -0.05) is 31.1 Å². The molecule has 182 valence electrons. The molecule has 12 nitrogen and oxygen atoms in total. The molecule has 0 spiro atoms. The second-order valence-electron chi connectivity index (χ2n) is 6.76. The Kier molecular flexibility index (Phi) is 9.39. The van der Waals surface area contributed by atoms with Crippen molar-refractivity contribution in [3.8, 4) is 5.75 Å². The summed E-state index contributed by atoms with van der Waals surface area (Å²) in [5, 5.41) is 30.1. The monoisotopic (exact) mass is 491 g/mol. The lowest BCUT2D eigenvalue weighted by Gasteiger charge is -2.28. The van der Waals surface area contributed by atoms with Gasteiger partial charge in [0.15, 0.2) is 10.8 Å². The number of nitrogens with two attached hydrogens (primary N) is 1. The van der Waals surface area contributed by atoms with Crippen LogP contribution in [-0.2, 0) is 20.8 Å². The molecular formula is C20H26BN5O7S. The number of nitrogen functional groups attached to an aromatic ring is 1. The van der Waals surface area contributed by atoms with E-state index in [-0.39, 0.29) is 34.3 Å². The molecule has 34 heavy (non-hydrogen) atoms. The van der Waals surface area contributed by atoms with E-state index in [1.54, 1.807) is 12.1 Å². The molecule has 1 aromatic carbocycles. The van der Waals surface area contributed by atoms with Gasteiger partial charge in [0.05, 0.1) is 11.5 Å². The van der Waals surface area contributed by atoms with Crippen molar-refractivity contribution in [2.75, 3.05) is 12.8 Å². The Morgan fingerprint density at radius 2 is 2.09 bits per heavy atom. The third-order valence-corrected chi connectivity index (χ3v) is 5.24. The first-order valence-corrected chi connectivity index (χ1v) is 11.3. The number of rotatable bonds is 7. The van der Waals surface area contributed by atoms with Gasteiger partial charge >= 0.3 is 13.1 Å². The second kappa shape index (κ2) is 12.0. The summed E-state index contributed by atoms with van der Waals surface area (Å²) in [5.41, 5.74) is 5.92. The predicted octanol–water partition coefficient (Wildman–Crippen LogP) is 0.445. The number of nitrogens with one attached hydrogen (secondary N) is 2. The molecule has 2 atom stereocenters. The Morgan fingerprint density at radius 3 is 2.68 bits per heavy atom. The van der Waals surface area contributed by atoms with Crippen molar-refractivity contribution in [2.45, 2.75) is 39.2 Å². The van der Waals surface area contributed by atoms with Gasteiger partial charge in [-0.05, 0) is 25.0 Å². The van der Waals surface area contributed by atoms with Crippen molar-refractivity contribution in [2.24, 2.45) is 5.16 Å². The lowest BCUT2D eigenvalue weighted by molar-refractivity contribution is -0.131. The van der Waals surface area contributed by atoms with E-state index in [1.165, 1.54) is 25.4 Å². The number of para-hydroxylation sites is 1. The zero-order valence-corrected chi connectivity index (χ0v) is 19.9. The highest BCUT2D eigenvalue weighted by molar-refractivity contribution is 7.13. The highest BCUT2D eigenvalue weighted by Gasteiger charge is 2.38. The molecule has 1 aromatic heterocycles. The Hall–Kier alpha value is -3.65. The predicted molar refractivity (Wildman–Crippen MR) is 127 cm³/mol. The molecular weight excluding hydrogens is 465 g/mol. The molecule has 14 heteroatoms. The Bertz CT molecular complexity index is 1080. The van der Waals surface area contributed by atoms with E-state index in [1.807, 2.05) is 13.8 Å². The fourth-order valence-electron chi connectivity index (χ4n) is 2.94. The number of carbonyl (C=O) groups is 3. The van der Waals surface area contributed by atoms with E-state index in [4.69, 9.17) is 15.2 Å². The number of hydrogen-bond donors (Lipinski definition) is 5. The maximum Gasteiger partial charge on any atom is 0.547 e. The van der Waals surface area contributed by atoms with E-state index in [0.29, 0.717) is 5.56 Å². The van der Waals surface area contributed by atoms with Crippen LogP contribution in [0, 0.1) is 0 Å². The summed E-state index contributed by atoms with van der Waals surface area (Å²) in [6.07, 6.45) is -0.880. The van der Waals surface area contributed by atoms with Crippen LogP contribution < -0.4 is 21.0 Å². The third-order valence-electron chi connectivity index (χ3n) is 4.56. The lowest BCUT2D eigenvalue weighted by Crippen LogP contribution is -2.54.